The monoisotopic (exact) mass is 175 g/mol. The van der Waals surface area contributed by atoms with E-state index < -0.39 is 0 Å². The van der Waals surface area contributed by atoms with Gasteiger partial charge in [-0.05, 0) is 31.9 Å². The molecule has 1 heteroatoms. The number of hydrogen-bond donors (Lipinski definition) is 1. The Balaban J connectivity index is 2.13. The first-order chi connectivity index (χ1) is 6.43. The van der Waals surface area contributed by atoms with Gasteiger partial charge in [0.15, 0.2) is 0 Å². The van der Waals surface area contributed by atoms with E-state index in [0.717, 1.165) is 13.0 Å². The van der Waals surface area contributed by atoms with Gasteiger partial charge in [0.1, 0.15) is 0 Å². The number of para-hydroxylation sites is 1. The fourth-order valence-electron chi connectivity index (χ4n) is 1.18. The SMILES string of the molecule is C/C=C/CCCNc1ccccc1. The highest BCUT2D eigenvalue weighted by atomic mass is 14.9. The van der Waals surface area contributed by atoms with Crippen molar-refractivity contribution in [1.29, 1.82) is 0 Å². The molecular formula is C12H17N. The van der Waals surface area contributed by atoms with Crippen LogP contribution in [-0.2, 0) is 0 Å². The molecule has 1 rings (SSSR count). The molecular weight excluding hydrogens is 158 g/mol. The third-order valence-electron chi connectivity index (χ3n) is 1.89. The van der Waals surface area contributed by atoms with Crippen LogP contribution >= 0.6 is 0 Å². The van der Waals surface area contributed by atoms with Gasteiger partial charge in [0.25, 0.3) is 0 Å². The van der Waals surface area contributed by atoms with Gasteiger partial charge in [0.2, 0.25) is 0 Å². The van der Waals surface area contributed by atoms with Crippen LogP contribution < -0.4 is 5.32 Å². The van der Waals surface area contributed by atoms with Crippen molar-refractivity contribution in [3.8, 4) is 0 Å². The van der Waals surface area contributed by atoms with Crippen molar-refractivity contribution >= 4 is 5.69 Å². The van der Waals surface area contributed by atoms with E-state index in [0.29, 0.717) is 0 Å². The van der Waals surface area contributed by atoms with Gasteiger partial charge in [-0.1, -0.05) is 30.4 Å². The first kappa shape index (κ1) is 9.85. The fraction of sp³-hybridized carbons (Fsp3) is 0.333. The highest BCUT2D eigenvalue weighted by molar-refractivity contribution is 5.42. The lowest BCUT2D eigenvalue weighted by Gasteiger charge is -2.03. The molecule has 0 atom stereocenters. The van der Waals surface area contributed by atoms with Crippen molar-refractivity contribution in [2.45, 2.75) is 19.8 Å². The molecule has 0 aliphatic rings. The topological polar surface area (TPSA) is 12.0 Å². The molecule has 0 heterocycles. The number of nitrogens with one attached hydrogen (secondary N) is 1. The van der Waals surface area contributed by atoms with E-state index >= 15 is 0 Å². The van der Waals surface area contributed by atoms with Crippen molar-refractivity contribution in [2.75, 3.05) is 11.9 Å². The van der Waals surface area contributed by atoms with Crippen LogP contribution in [0.3, 0.4) is 0 Å². The van der Waals surface area contributed by atoms with Gasteiger partial charge in [-0.3, -0.25) is 0 Å². The molecule has 0 spiro atoms. The number of allylic oxidation sites excluding steroid dienone is 2. The van der Waals surface area contributed by atoms with Crippen LogP contribution in [0, 0.1) is 0 Å². The van der Waals surface area contributed by atoms with Gasteiger partial charge < -0.3 is 5.32 Å². The number of rotatable bonds is 5. The Kier molecular flexibility index (Phi) is 4.77. The summed E-state index contributed by atoms with van der Waals surface area (Å²) in [6.45, 7) is 3.11. The van der Waals surface area contributed by atoms with Gasteiger partial charge in [-0.2, -0.15) is 0 Å². The third kappa shape index (κ3) is 4.36. The Bertz CT molecular complexity index is 239. The molecule has 1 aromatic carbocycles. The molecule has 1 nitrogen and oxygen atoms in total. The molecule has 0 saturated heterocycles. The summed E-state index contributed by atoms with van der Waals surface area (Å²) in [5.74, 6) is 0. The summed E-state index contributed by atoms with van der Waals surface area (Å²) in [6.07, 6.45) is 6.66. The van der Waals surface area contributed by atoms with Gasteiger partial charge in [0.05, 0.1) is 0 Å². The van der Waals surface area contributed by atoms with Crippen LogP contribution in [0.5, 0.6) is 0 Å². The molecule has 0 aromatic heterocycles. The lowest BCUT2D eigenvalue weighted by molar-refractivity contribution is 0.888. The maximum Gasteiger partial charge on any atom is 0.0340 e. The molecule has 0 radical (unpaired) electrons. The highest BCUT2D eigenvalue weighted by Gasteiger charge is 1.87. The second-order valence-corrected chi connectivity index (χ2v) is 3.00. The van der Waals surface area contributed by atoms with Crippen LogP contribution in [0.4, 0.5) is 5.69 Å². The summed E-state index contributed by atoms with van der Waals surface area (Å²) in [7, 11) is 0. The molecule has 70 valence electrons. The summed E-state index contributed by atoms with van der Waals surface area (Å²) in [5, 5.41) is 3.37. The summed E-state index contributed by atoms with van der Waals surface area (Å²) < 4.78 is 0. The Morgan fingerprint density at radius 1 is 1.23 bits per heavy atom. The molecule has 0 fully saturated rings. The van der Waals surface area contributed by atoms with Crippen molar-refractivity contribution in [3.05, 3.63) is 42.5 Å². The van der Waals surface area contributed by atoms with Gasteiger partial charge >= 0.3 is 0 Å². The second-order valence-electron chi connectivity index (χ2n) is 3.00. The summed E-state index contributed by atoms with van der Waals surface area (Å²) >= 11 is 0. The van der Waals surface area contributed by atoms with Crippen molar-refractivity contribution in [3.63, 3.8) is 0 Å². The van der Waals surface area contributed by atoms with Gasteiger partial charge in [-0.15, -0.1) is 0 Å². The highest BCUT2D eigenvalue weighted by Crippen LogP contribution is 2.04. The lowest BCUT2D eigenvalue weighted by atomic mass is 10.2. The Morgan fingerprint density at radius 3 is 2.69 bits per heavy atom. The van der Waals surface area contributed by atoms with Crippen LogP contribution in [0.15, 0.2) is 42.5 Å². The standard InChI is InChI=1S/C12H17N/c1-2-3-4-8-11-13-12-9-6-5-7-10-12/h2-3,5-7,9-10,13H,4,8,11H2,1H3/b3-2+. The van der Waals surface area contributed by atoms with E-state index in [2.05, 4.69) is 36.5 Å². The van der Waals surface area contributed by atoms with Crippen LogP contribution in [0.25, 0.3) is 0 Å². The zero-order chi connectivity index (χ0) is 9.36. The molecule has 13 heavy (non-hydrogen) atoms. The van der Waals surface area contributed by atoms with Crippen LogP contribution in [0.2, 0.25) is 0 Å². The second kappa shape index (κ2) is 6.30. The predicted octanol–water partition coefficient (Wildman–Crippen LogP) is 3.45. The number of unbranched alkanes of at least 4 members (excludes halogenated alkanes) is 1. The maximum atomic E-state index is 3.37. The smallest absolute Gasteiger partial charge is 0.0340 e. The zero-order valence-corrected chi connectivity index (χ0v) is 8.16. The first-order valence-corrected chi connectivity index (χ1v) is 4.83. The fourth-order valence-corrected chi connectivity index (χ4v) is 1.18. The summed E-state index contributed by atoms with van der Waals surface area (Å²) in [5.41, 5.74) is 1.21. The predicted molar refractivity (Wildman–Crippen MR) is 59.0 cm³/mol. The van der Waals surface area contributed by atoms with E-state index in [1.165, 1.54) is 12.1 Å². The molecule has 0 bridgehead atoms. The van der Waals surface area contributed by atoms with Crippen molar-refractivity contribution < 1.29 is 0 Å². The number of benzene rings is 1. The van der Waals surface area contributed by atoms with E-state index in [1.54, 1.807) is 0 Å². The Hall–Kier alpha value is -1.24. The van der Waals surface area contributed by atoms with Crippen molar-refractivity contribution in [2.24, 2.45) is 0 Å². The molecule has 1 aromatic rings. The molecule has 0 aliphatic heterocycles. The number of anilines is 1. The minimum absolute atomic E-state index is 1.05. The molecule has 1 N–H and O–H groups in total. The summed E-state index contributed by atoms with van der Waals surface area (Å²) in [6, 6.07) is 10.3. The summed E-state index contributed by atoms with van der Waals surface area (Å²) in [4.78, 5) is 0. The average molecular weight is 175 g/mol. The van der Waals surface area contributed by atoms with E-state index in [4.69, 9.17) is 0 Å². The maximum absolute atomic E-state index is 3.37. The van der Waals surface area contributed by atoms with E-state index in [9.17, 15) is 0 Å². The van der Waals surface area contributed by atoms with Gasteiger partial charge in [-0.25, -0.2) is 0 Å². The Labute approximate surface area is 80.5 Å². The quantitative estimate of drug-likeness (QED) is 0.534. The largest absolute Gasteiger partial charge is 0.385 e. The van der Waals surface area contributed by atoms with E-state index in [1.807, 2.05) is 18.2 Å². The molecule has 0 amide bonds. The first-order valence-electron chi connectivity index (χ1n) is 4.83. The molecule has 0 saturated carbocycles. The normalized spacial score (nSPS) is 10.5. The Morgan fingerprint density at radius 2 is 2.00 bits per heavy atom. The minimum Gasteiger partial charge on any atom is -0.385 e. The van der Waals surface area contributed by atoms with E-state index in [-0.39, 0.29) is 0 Å². The molecule has 0 unspecified atom stereocenters. The van der Waals surface area contributed by atoms with Gasteiger partial charge in [0, 0.05) is 12.2 Å². The average Bonchev–Trinajstić information content (AvgIpc) is 2.19. The molecule has 0 aliphatic carbocycles. The number of hydrogen-bond acceptors (Lipinski definition) is 1. The van der Waals surface area contributed by atoms with Crippen molar-refractivity contribution in [1.82, 2.24) is 0 Å². The lowest BCUT2D eigenvalue weighted by Crippen LogP contribution is -2.00. The third-order valence-corrected chi connectivity index (χ3v) is 1.89. The minimum atomic E-state index is 1.05. The zero-order valence-electron chi connectivity index (χ0n) is 8.16. The van der Waals surface area contributed by atoms with Crippen LogP contribution in [0.1, 0.15) is 19.8 Å². The van der Waals surface area contributed by atoms with Crippen LogP contribution in [-0.4, -0.2) is 6.54 Å².